The third kappa shape index (κ3) is 4.00. The maximum absolute atomic E-state index is 13.1. The summed E-state index contributed by atoms with van der Waals surface area (Å²) in [7, 11) is -3.52. The van der Waals surface area contributed by atoms with E-state index in [0.717, 1.165) is 25.6 Å². The highest BCUT2D eigenvalue weighted by molar-refractivity contribution is 7.90. The van der Waals surface area contributed by atoms with Gasteiger partial charge >= 0.3 is 0 Å². The Hall–Kier alpha value is -3.90. The van der Waals surface area contributed by atoms with Crippen molar-refractivity contribution in [2.75, 3.05) is 5.32 Å². The van der Waals surface area contributed by atoms with Gasteiger partial charge in [0.1, 0.15) is 0 Å². The zero-order chi connectivity index (χ0) is 24.2. The van der Waals surface area contributed by atoms with Gasteiger partial charge in [0.15, 0.2) is 11.5 Å². The number of rotatable bonds is 6. The molecule has 12 heteroatoms. The molecule has 0 aliphatic heterocycles. The minimum atomic E-state index is -3.52. The summed E-state index contributed by atoms with van der Waals surface area (Å²) in [4.78, 5) is 22.0. The number of pyridine rings is 1. The summed E-state index contributed by atoms with van der Waals surface area (Å²) in [5.41, 5.74) is 5.49. The normalized spacial score (nSPS) is 13.9. The Morgan fingerprint density at radius 3 is 2.83 bits per heavy atom. The Balaban J connectivity index is 1.37. The van der Waals surface area contributed by atoms with Crippen molar-refractivity contribution in [3.8, 4) is 17.1 Å². The number of nitrogens with zero attached hydrogens (tertiary/aromatic N) is 6. The first-order valence-electron chi connectivity index (χ1n) is 10.9. The van der Waals surface area contributed by atoms with Crippen LogP contribution < -0.4 is 5.32 Å². The summed E-state index contributed by atoms with van der Waals surface area (Å²) in [5.74, 6) is 0.0895. The van der Waals surface area contributed by atoms with Crippen molar-refractivity contribution in [3.05, 3.63) is 71.8 Å². The molecule has 176 valence electrons. The zero-order valence-corrected chi connectivity index (χ0v) is 20.1. The molecule has 10 nitrogen and oxygen atoms in total. The van der Waals surface area contributed by atoms with Gasteiger partial charge in [-0.05, 0) is 50.1 Å². The molecule has 0 atom stereocenters. The van der Waals surface area contributed by atoms with Gasteiger partial charge in [-0.2, -0.15) is 14.3 Å². The molecule has 0 spiro atoms. The van der Waals surface area contributed by atoms with Gasteiger partial charge in [0.05, 0.1) is 44.8 Å². The molecule has 4 heterocycles. The van der Waals surface area contributed by atoms with Crippen molar-refractivity contribution in [1.29, 1.82) is 0 Å². The van der Waals surface area contributed by atoms with Crippen molar-refractivity contribution in [3.63, 3.8) is 0 Å². The third-order valence-corrected chi connectivity index (χ3v) is 8.51. The second kappa shape index (κ2) is 8.10. The Kier molecular flexibility index (Phi) is 5.00. The van der Waals surface area contributed by atoms with Crippen LogP contribution in [0.4, 0.5) is 5.69 Å². The molecular formula is C23H19N7O3S2. The Morgan fingerprint density at radius 1 is 1.17 bits per heavy atom. The molecule has 1 amide bonds. The molecule has 0 unspecified atom stereocenters. The van der Waals surface area contributed by atoms with E-state index in [1.54, 1.807) is 16.3 Å². The van der Waals surface area contributed by atoms with Crippen molar-refractivity contribution >= 4 is 43.2 Å². The number of carbonyl (C=O) groups is 1. The molecule has 0 radical (unpaired) electrons. The van der Waals surface area contributed by atoms with E-state index in [9.17, 15) is 13.2 Å². The van der Waals surface area contributed by atoms with Crippen molar-refractivity contribution in [2.24, 2.45) is 0 Å². The highest BCUT2D eigenvalue weighted by Crippen LogP contribution is 2.31. The highest BCUT2D eigenvalue weighted by atomic mass is 32.2. The largest absolute Gasteiger partial charge is 0.318 e. The summed E-state index contributed by atoms with van der Waals surface area (Å²) < 4.78 is 28.3. The average Bonchev–Trinajstić information content (AvgIpc) is 3.23. The second-order valence-electron chi connectivity index (χ2n) is 8.30. The van der Waals surface area contributed by atoms with Gasteiger partial charge in [-0.25, -0.2) is 23.1 Å². The van der Waals surface area contributed by atoms with Crippen LogP contribution in [0.1, 0.15) is 29.0 Å². The second-order valence-corrected chi connectivity index (χ2v) is 11.3. The lowest BCUT2D eigenvalue weighted by molar-refractivity contribution is 0.102. The van der Waals surface area contributed by atoms with E-state index in [0.29, 0.717) is 24.4 Å². The SMILES string of the molecule is Cc1cccc(-n2nc(C(=O)Nc3cnn(S(=O)(=O)C4CC4)c3)cc2-c2ccc3ncsc3c2)n1. The van der Waals surface area contributed by atoms with Gasteiger partial charge in [-0.1, -0.05) is 12.1 Å². The number of carbonyl (C=O) groups excluding carboxylic acids is 1. The maximum Gasteiger partial charge on any atom is 0.276 e. The number of anilines is 1. The van der Waals surface area contributed by atoms with E-state index in [1.165, 1.54) is 23.7 Å². The van der Waals surface area contributed by atoms with Crippen LogP contribution in [0.25, 0.3) is 27.3 Å². The average molecular weight is 506 g/mol. The van der Waals surface area contributed by atoms with Crippen LogP contribution in [0.3, 0.4) is 0 Å². The van der Waals surface area contributed by atoms with Crippen molar-refractivity contribution in [1.82, 2.24) is 28.9 Å². The fourth-order valence-electron chi connectivity index (χ4n) is 3.76. The van der Waals surface area contributed by atoms with Crippen LogP contribution in [-0.4, -0.2) is 48.5 Å². The van der Waals surface area contributed by atoms with E-state index in [4.69, 9.17) is 0 Å². The molecular weight excluding hydrogens is 486 g/mol. The minimum Gasteiger partial charge on any atom is -0.318 e. The molecule has 35 heavy (non-hydrogen) atoms. The van der Waals surface area contributed by atoms with Gasteiger partial charge in [-0.3, -0.25) is 4.79 Å². The Bertz CT molecular complexity index is 1700. The van der Waals surface area contributed by atoms with Crippen LogP contribution in [-0.2, 0) is 10.0 Å². The van der Waals surface area contributed by atoms with Crippen molar-refractivity contribution < 1.29 is 13.2 Å². The van der Waals surface area contributed by atoms with E-state index < -0.39 is 21.2 Å². The molecule has 1 aliphatic rings. The number of thiazole rings is 1. The van der Waals surface area contributed by atoms with E-state index >= 15 is 0 Å². The lowest BCUT2D eigenvalue weighted by Gasteiger charge is -2.07. The molecule has 6 rings (SSSR count). The standard InChI is InChI=1S/C23H19N7O3S2/c1-14-3-2-4-22(26-14)30-20(15-5-8-18-21(9-15)34-13-24-18)10-19(28-30)23(31)27-16-11-25-29(12-16)35(32,33)17-6-7-17/h2-5,8-13,17H,6-7H2,1H3,(H,27,31). The lowest BCUT2D eigenvalue weighted by Crippen LogP contribution is -2.18. The van der Waals surface area contributed by atoms with Crippen LogP contribution in [0, 0.1) is 6.92 Å². The summed E-state index contributed by atoms with van der Waals surface area (Å²) in [5, 5.41) is 10.8. The summed E-state index contributed by atoms with van der Waals surface area (Å²) in [6.45, 7) is 1.89. The number of fused-ring (bicyclic) bond motifs is 1. The first-order chi connectivity index (χ1) is 16.9. The first-order valence-corrected chi connectivity index (χ1v) is 13.2. The molecule has 1 aliphatic carbocycles. The number of nitrogens with one attached hydrogen (secondary N) is 1. The van der Waals surface area contributed by atoms with Crippen LogP contribution in [0.15, 0.2) is 60.4 Å². The predicted molar refractivity (Wildman–Crippen MR) is 132 cm³/mol. The number of hydrogen-bond acceptors (Lipinski definition) is 8. The van der Waals surface area contributed by atoms with Gasteiger partial charge in [-0.15, -0.1) is 11.3 Å². The molecule has 1 aromatic carbocycles. The first kappa shape index (κ1) is 21.6. The van der Waals surface area contributed by atoms with Gasteiger partial charge in [0.2, 0.25) is 0 Å². The summed E-state index contributed by atoms with van der Waals surface area (Å²) in [6.07, 6.45) is 3.88. The Morgan fingerprint density at radius 2 is 2.03 bits per heavy atom. The monoisotopic (exact) mass is 505 g/mol. The van der Waals surface area contributed by atoms with E-state index in [-0.39, 0.29) is 11.4 Å². The summed E-state index contributed by atoms with van der Waals surface area (Å²) in [6, 6.07) is 13.1. The number of benzene rings is 1. The van der Waals surface area contributed by atoms with Crippen LogP contribution in [0.5, 0.6) is 0 Å². The fraction of sp³-hybridized carbons (Fsp3) is 0.174. The number of aromatic nitrogens is 6. The van der Waals surface area contributed by atoms with E-state index in [1.807, 2.05) is 43.3 Å². The van der Waals surface area contributed by atoms with Gasteiger partial charge in [0, 0.05) is 11.3 Å². The predicted octanol–water partition coefficient (Wildman–Crippen LogP) is 3.64. The molecule has 1 N–H and O–H groups in total. The third-order valence-electron chi connectivity index (χ3n) is 5.68. The fourth-order valence-corrected chi connectivity index (χ4v) is 5.95. The van der Waals surface area contributed by atoms with Gasteiger partial charge in [0.25, 0.3) is 15.9 Å². The van der Waals surface area contributed by atoms with Crippen LogP contribution in [0.2, 0.25) is 0 Å². The number of hydrogen-bond donors (Lipinski definition) is 1. The van der Waals surface area contributed by atoms with Crippen LogP contribution >= 0.6 is 11.3 Å². The summed E-state index contributed by atoms with van der Waals surface area (Å²) >= 11 is 1.53. The van der Waals surface area contributed by atoms with Crippen molar-refractivity contribution in [2.45, 2.75) is 25.0 Å². The number of aryl methyl sites for hydroxylation is 1. The molecule has 1 saturated carbocycles. The topological polar surface area (TPSA) is 125 Å². The quantitative estimate of drug-likeness (QED) is 0.373. The van der Waals surface area contributed by atoms with Gasteiger partial charge < -0.3 is 5.32 Å². The number of amides is 1. The minimum absolute atomic E-state index is 0.158. The Labute approximate surface area is 204 Å². The molecule has 5 aromatic rings. The maximum atomic E-state index is 13.1. The molecule has 0 saturated heterocycles. The molecule has 0 bridgehead atoms. The lowest BCUT2D eigenvalue weighted by atomic mass is 10.1. The highest BCUT2D eigenvalue weighted by Gasteiger charge is 2.37. The molecule has 4 aromatic heterocycles. The molecule has 1 fully saturated rings. The van der Waals surface area contributed by atoms with E-state index in [2.05, 4.69) is 25.5 Å². The zero-order valence-electron chi connectivity index (χ0n) is 18.5. The smallest absolute Gasteiger partial charge is 0.276 e.